The SMILES string of the molecule is CCC1CNC(CC(C)C)CN1Cc1cccs1. The van der Waals surface area contributed by atoms with Gasteiger partial charge in [0.05, 0.1) is 0 Å². The van der Waals surface area contributed by atoms with Gasteiger partial charge in [0, 0.05) is 36.6 Å². The van der Waals surface area contributed by atoms with Crippen molar-refractivity contribution in [3.8, 4) is 0 Å². The summed E-state index contributed by atoms with van der Waals surface area (Å²) in [6, 6.07) is 5.80. The molecule has 0 amide bonds. The molecule has 102 valence electrons. The van der Waals surface area contributed by atoms with Gasteiger partial charge in [-0.3, -0.25) is 4.90 Å². The lowest BCUT2D eigenvalue weighted by Gasteiger charge is -2.40. The average Bonchev–Trinajstić information content (AvgIpc) is 2.81. The minimum absolute atomic E-state index is 0.674. The van der Waals surface area contributed by atoms with E-state index in [1.54, 1.807) is 0 Å². The maximum Gasteiger partial charge on any atom is 0.0332 e. The van der Waals surface area contributed by atoms with Crippen molar-refractivity contribution in [1.82, 2.24) is 10.2 Å². The van der Waals surface area contributed by atoms with Crippen molar-refractivity contribution in [2.45, 2.75) is 52.2 Å². The Balaban J connectivity index is 1.94. The first-order valence-electron chi connectivity index (χ1n) is 7.18. The van der Waals surface area contributed by atoms with Gasteiger partial charge in [-0.2, -0.15) is 0 Å². The lowest BCUT2D eigenvalue weighted by molar-refractivity contribution is 0.112. The highest BCUT2D eigenvalue weighted by atomic mass is 32.1. The molecule has 1 saturated heterocycles. The molecule has 1 aromatic heterocycles. The topological polar surface area (TPSA) is 15.3 Å². The molecule has 0 saturated carbocycles. The van der Waals surface area contributed by atoms with Crippen LogP contribution in [0.25, 0.3) is 0 Å². The second kappa shape index (κ2) is 6.69. The lowest BCUT2D eigenvalue weighted by atomic mass is 9.99. The second-order valence-electron chi connectivity index (χ2n) is 5.81. The molecular weight excluding hydrogens is 240 g/mol. The number of thiophene rings is 1. The minimum atomic E-state index is 0.674. The fraction of sp³-hybridized carbons (Fsp3) is 0.733. The van der Waals surface area contributed by atoms with Gasteiger partial charge >= 0.3 is 0 Å². The maximum absolute atomic E-state index is 3.72. The van der Waals surface area contributed by atoms with Crippen LogP contribution >= 0.6 is 11.3 Å². The zero-order valence-electron chi connectivity index (χ0n) is 11.9. The van der Waals surface area contributed by atoms with Gasteiger partial charge in [-0.15, -0.1) is 11.3 Å². The van der Waals surface area contributed by atoms with Crippen LogP contribution in [0.3, 0.4) is 0 Å². The smallest absolute Gasteiger partial charge is 0.0332 e. The van der Waals surface area contributed by atoms with Crippen LogP contribution < -0.4 is 5.32 Å². The van der Waals surface area contributed by atoms with Crippen molar-refractivity contribution >= 4 is 11.3 Å². The zero-order valence-corrected chi connectivity index (χ0v) is 12.7. The van der Waals surface area contributed by atoms with Crippen molar-refractivity contribution in [2.24, 2.45) is 5.92 Å². The van der Waals surface area contributed by atoms with E-state index in [-0.39, 0.29) is 0 Å². The Kier molecular flexibility index (Phi) is 5.22. The molecule has 0 spiro atoms. The summed E-state index contributed by atoms with van der Waals surface area (Å²) in [6.07, 6.45) is 2.53. The molecule has 3 heteroatoms. The van der Waals surface area contributed by atoms with Crippen LogP contribution in [-0.4, -0.2) is 30.1 Å². The summed E-state index contributed by atoms with van der Waals surface area (Å²) in [5.74, 6) is 0.782. The van der Waals surface area contributed by atoms with Crippen LogP contribution in [0.15, 0.2) is 17.5 Å². The Bertz CT molecular complexity index is 334. The molecule has 2 unspecified atom stereocenters. The van der Waals surface area contributed by atoms with Gasteiger partial charge in [0.1, 0.15) is 0 Å². The molecule has 1 aliphatic heterocycles. The predicted octanol–water partition coefficient (Wildman–Crippen LogP) is 3.35. The first kappa shape index (κ1) is 14.0. The summed E-state index contributed by atoms with van der Waals surface area (Å²) < 4.78 is 0. The number of nitrogens with one attached hydrogen (secondary N) is 1. The summed E-state index contributed by atoms with van der Waals surface area (Å²) in [5.41, 5.74) is 0. The van der Waals surface area contributed by atoms with Gasteiger partial charge in [-0.1, -0.05) is 26.8 Å². The summed E-state index contributed by atoms with van der Waals surface area (Å²) in [4.78, 5) is 4.17. The van der Waals surface area contributed by atoms with E-state index in [1.165, 1.54) is 24.3 Å². The van der Waals surface area contributed by atoms with E-state index in [2.05, 4.69) is 48.5 Å². The molecular formula is C15H26N2S. The molecule has 2 heterocycles. The second-order valence-corrected chi connectivity index (χ2v) is 6.84. The largest absolute Gasteiger partial charge is 0.311 e. The minimum Gasteiger partial charge on any atom is -0.311 e. The first-order valence-corrected chi connectivity index (χ1v) is 8.06. The fourth-order valence-electron chi connectivity index (χ4n) is 2.85. The Labute approximate surface area is 115 Å². The molecule has 1 fully saturated rings. The third-order valence-electron chi connectivity index (χ3n) is 3.78. The number of piperazine rings is 1. The standard InChI is InChI=1S/C15H26N2S/c1-4-14-9-16-13(8-12(2)3)10-17(14)11-15-6-5-7-18-15/h5-7,12-14,16H,4,8-11H2,1-3H3. The van der Waals surface area contributed by atoms with E-state index in [9.17, 15) is 0 Å². The van der Waals surface area contributed by atoms with E-state index >= 15 is 0 Å². The Morgan fingerprint density at radius 3 is 2.94 bits per heavy atom. The first-order chi connectivity index (χ1) is 8.69. The molecule has 0 radical (unpaired) electrons. The molecule has 0 aliphatic carbocycles. The van der Waals surface area contributed by atoms with Crippen molar-refractivity contribution < 1.29 is 0 Å². The number of hydrogen-bond acceptors (Lipinski definition) is 3. The number of nitrogens with zero attached hydrogens (tertiary/aromatic N) is 1. The van der Waals surface area contributed by atoms with Crippen LogP contribution in [0.4, 0.5) is 0 Å². The van der Waals surface area contributed by atoms with E-state index in [1.807, 2.05) is 11.3 Å². The summed E-state index contributed by atoms with van der Waals surface area (Å²) in [7, 11) is 0. The van der Waals surface area contributed by atoms with Crippen LogP contribution in [0.2, 0.25) is 0 Å². The molecule has 0 aromatic carbocycles. The van der Waals surface area contributed by atoms with Crippen LogP contribution in [0, 0.1) is 5.92 Å². The van der Waals surface area contributed by atoms with Crippen LogP contribution in [0.1, 0.15) is 38.5 Å². The molecule has 2 nitrogen and oxygen atoms in total. The average molecular weight is 266 g/mol. The summed E-state index contributed by atoms with van der Waals surface area (Å²) in [6.45, 7) is 10.4. The van der Waals surface area contributed by atoms with Crippen LogP contribution in [0.5, 0.6) is 0 Å². The van der Waals surface area contributed by atoms with E-state index < -0.39 is 0 Å². The summed E-state index contributed by atoms with van der Waals surface area (Å²) in [5, 5.41) is 5.91. The highest BCUT2D eigenvalue weighted by molar-refractivity contribution is 7.09. The van der Waals surface area contributed by atoms with Crippen molar-refractivity contribution in [2.75, 3.05) is 13.1 Å². The van der Waals surface area contributed by atoms with Crippen LogP contribution in [-0.2, 0) is 6.54 Å². The molecule has 1 aliphatic rings. The molecule has 0 bridgehead atoms. The molecule has 2 atom stereocenters. The quantitative estimate of drug-likeness (QED) is 0.879. The lowest BCUT2D eigenvalue weighted by Crippen LogP contribution is -2.56. The van der Waals surface area contributed by atoms with Crippen molar-refractivity contribution in [3.63, 3.8) is 0 Å². The predicted molar refractivity (Wildman–Crippen MR) is 80.1 cm³/mol. The Hall–Kier alpha value is -0.380. The monoisotopic (exact) mass is 266 g/mol. The van der Waals surface area contributed by atoms with Gasteiger partial charge in [0.15, 0.2) is 0 Å². The van der Waals surface area contributed by atoms with Crippen molar-refractivity contribution in [1.29, 1.82) is 0 Å². The normalized spacial score (nSPS) is 25.8. The van der Waals surface area contributed by atoms with E-state index in [0.717, 1.165) is 19.0 Å². The summed E-state index contributed by atoms with van der Waals surface area (Å²) >= 11 is 1.88. The van der Waals surface area contributed by atoms with Gasteiger partial charge in [0.2, 0.25) is 0 Å². The van der Waals surface area contributed by atoms with Gasteiger partial charge in [-0.05, 0) is 30.2 Å². The molecule has 1 aromatic rings. The van der Waals surface area contributed by atoms with E-state index in [0.29, 0.717) is 12.1 Å². The zero-order chi connectivity index (χ0) is 13.0. The highest BCUT2D eigenvalue weighted by Gasteiger charge is 2.27. The van der Waals surface area contributed by atoms with Gasteiger partial charge in [0.25, 0.3) is 0 Å². The molecule has 18 heavy (non-hydrogen) atoms. The third-order valence-corrected chi connectivity index (χ3v) is 4.64. The van der Waals surface area contributed by atoms with E-state index in [4.69, 9.17) is 0 Å². The maximum atomic E-state index is 3.72. The Morgan fingerprint density at radius 2 is 2.33 bits per heavy atom. The number of rotatable bonds is 5. The molecule has 1 N–H and O–H groups in total. The van der Waals surface area contributed by atoms with Gasteiger partial charge < -0.3 is 5.32 Å². The highest BCUT2D eigenvalue weighted by Crippen LogP contribution is 2.20. The third kappa shape index (κ3) is 3.81. The van der Waals surface area contributed by atoms with Gasteiger partial charge in [-0.25, -0.2) is 0 Å². The fourth-order valence-corrected chi connectivity index (χ4v) is 3.58. The Morgan fingerprint density at radius 1 is 1.50 bits per heavy atom. The van der Waals surface area contributed by atoms with Crippen molar-refractivity contribution in [3.05, 3.63) is 22.4 Å². The number of hydrogen-bond donors (Lipinski definition) is 1. The molecule has 2 rings (SSSR count).